The van der Waals surface area contributed by atoms with E-state index < -0.39 is 18.1 Å². The van der Waals surface area contributed by atoms with Crippen LogP contribution in [0.2, 0.25) is 0 Å². The van der Waals surface area contributed by atoms with E-state index in [1.54, 1.807) is 11.8 Å². The van der Waals surface area contributed by atoms with E-state index in [4.69, 9.17) is 5.73 Å². The number of nitrogens with two attached hydrogens (primary N) is 1. The topological polar surface area (TPSA) is 104 Å². The van der Waals surface area contributed by atoms with Gasteiger partial charge in [0.15, 0.2) is 0 Å². The number of nitrogens with one attached hydrogen (secondary N) is 2. The fraction of sp³-hybridized carbons (Fsp3) is 0.579. The molecular weight excluding hydrogens is 350 g/mol. The summed E-state index contributed by atoms with van der Waals surface area (Å²) in [4.78, 5) is 24.1. The van der Waals surface area contributed by atoms with Crippen molar-refractivity contribution in [1.82, 2.24) is 10.6 Å². The van der Waals surface area contributed by atoms with Crippen LogP contribution in [0.1, 0.15) is 25.8 Å². The fourth-order valence-electron chi connectivity index (χ4n) is 2.39. The lowest BCUT2D eigenvalue weighted by molar-refractivity contribution is -0.142. The maximum absolute atomic E-state index is 12.7. The standard InChI is InChI=1S/C19H31N3O3S/c1-13(2)15(20)12-21-17(11-14-7-5-4-6-8-14)18(23)22-16(19(24)25)9-10-26-3/h4-8,13,15-17,21H,9-12,20H2,1-3H3,(H,22,23)(H,24,25). The lowest BCUT2D eigenvalue weighted by atomic mass is 10.0. The van der Waals surface area contributed by atoms with Gasteiger partial charge in [-0.2, -0.15) is 11.8 Å². The lowest BCUT2D eigenvalue weighted by Gasteiger charge is -2.24. The minimum Gasteiger partial charge on any atom is -0.480 e. The van der Waals surface area contributed by atoms with Gasteiger partial charge in [-0.3, -0.25) is 4.79 Å². The van der Waals surface area contributed by atoms with Crippen LogP contribution in [-0.4, -0.2) is 53.7 Å². The Morgan fingerprint density at radius 3 is 2.38 bits per heavy atom. The maximum atomic E-state index is 12.7. The summed E-state index contributed by atoms with van der Waals surface area (Å²) in [7, 11) is 0. The molecule has 0 spiro atoms. The summed E-state index contributed by atoms with van der Waals surface area (Å²) < 4.78 is 0. The van der Waals surface area contributed by atoms with E-state index >= 15 is 0 Å². The zero-order chi connectivity index (χ0) is 19.5. The Morgan fingerprint density at radius 2 is 1.85 bits per heavy atom. The van der Waals surface area contributed by atoms with Crippen LogP contribution in [0.25, 0.3) is 0 Å². The summed E-state index contributed by atoms with van der Waals surface area (Å²) in [6.45, 7) is 4.55. The van der Waals surface area contributed by atoms with Gasteiger partial charge >= 0.3 is 5.97 Å². The van der Waals surface area contributed by atoms with E-state index in [0.717, 1.165) is 5.56 Å². The van der Waals surface area contributed by atoms with Gasteiger partial charge in [-0.1, -0.05) is 44.2 Å². The van der Waals surface area contributed by atoms with E-state index in [9.17, 15) is 14.7 Å². The van der Waals surface area contributed by atoms with Crippen molar-refractivity contribution < 1.29 is 14.7 Å². The normalized spacial score (nSPS) is 14.7. The molecule has 1 amide bonds. The van der Waals surface area contributed by atoms with Gasteiger partial charge in [-0.15, -0.1) is 0 Å². The highest BCUT2D eigenvalue weighted by Gasteiger charge is 2.25. The summed E-state index contributed by atoms with van der Waals surface area (Å²) >= 11 is 1.56. The van der Waals surface area contributed by atoms with Crippen LogP contribution in [-0.2, 0) is 16.0 Å². The van der Waals surface area contributed by atoms with Gasteiger partial charge in [0.1, 0.15) is 6.04 Å². The smallest absolute Gasteiger partial charge is 0.326 e. The number of benzene rings is 1. The summed E-state index contributed by atoms with van der Waals surface area (Å²) in [6, 6.07) is 8.17. The number of carbonyl (C=O) groups is 2. The van der Waals surface area contributed by atoms with Gasteiger partial charge in [0.05, 0.1) is 6.04 Å². The molecule has 0 aliphatic carbocycles. The molecule has 5 N–H and O–H groups in total. The molecule has 0 saturated carbocycles. The molecule has 0 aliphatic rings. The first kappa shape index (κ1) is 22.5. The zero-order valence-corrected chi connectivity index (χ0v) is 16.6. The summed E-state index contributed by atoms with van der Waals surface area (Å²) in [5.41, 5.74) is 7.09. The van der Waals surface area contributed by atoms with Crippen LogP contribution >= 0.6 is 11.8 Å². The summed E-state index contributed by atoms with van der Waals surface area (Å²) in [6.07, 6.45) is 2.78. The molecule has 3 atom stereocenters. The molecule has 7 heteroatoms. The van der Waals surface area contributed by atoms with E-state index in [1.165, 1.54) is 0 Å². The van der Waals surface area contributed by atoms with E-state index in [1.807, 2.05) is 50.4 Å². The third-order valence-electron chi connectivity index (χ3n) is 4.28. The Morgan fingerprint density at radius 1 is 1.19 bits per heavy atom. The number of thioether (sulfide) groups is 1. The molecule has 0 bridgehead atoms. The molecule has 0 fully saturated rings. The molecule has 3 unspecified atom stereocenters. The number of hydrogen-bond acceptors (Lipinski definition) is 5. The first-order valence-electron chi connectivity index (χ1n) is 8.90. The monoisotopic (exact) mass is 381 g/mol. The van der Waals surface area contributed by atoms with Crippen LogP contribution in [0.5, 0.6) is 0 Å². The van der Waals surface area contributed by atoms with Crippen molar-refractivity contribution in [2.45, 2.75) is 44.8 Å². The third kappa shape index (κ3) is 8.21. The molecule has 26 heavy (non-hydrogen) atoms. The molecule has 0 saturated heterocycles. The van der Waals surface area contributed by atoms with Gasteiger partial charge in [0, 0.05) is 12.6 Å². The Bertz CT molecular complexity index is 554. The number of carboxylic acid groups (broad SMARTS) is 1. The van der Waals surface area contributed by atoms with Gasteiger partial charge in [0.2, 0.25) is 5.91 Å². The number of aliphatic carboxylic acids is 1. The molecule has 146 valence electrons. The van der Waals surface area contributed by atoms with Crippen molar-refractivity contribution in [3.05, 3.63) is 35.9 Å². The Labute approximate surface area is 160 Å². The maximum Gasteiger partial charge on any atom is 0.326 e. The molecule has 1 rings (SSSR count). The van der Waals surface area contributed by atoms with Gasteiger partial charge < -0.3 is 21.5 Å². The van der Waals surface area contributed by atoms with Crippen LogP contribution < -0.4 is 16.4 Å². The predicted molar refractivity (Wildman–Crippen MR) is 107 cm³/mol. The largest absolute Gasteiger partial charge is 0.480 e. The zero-order valence-electron chi connectivity index (χ0n) is 15.8. The third-order valence-corrected chi connectivity index (χ3v) is 4.92. The van der Waals surface area contributed by atoms with Gasteiger partial charge in [-0.05, 0) is 36.3 Å². The highest BCUT2D eigenvalue weighted by Crippen LogP contribution is 2.07. The minimum atomic E-state index is -1.01. The summed E-state index contributed by atoms with van der Waals surface area (Å²) in [5.74, 6) is -0.356. The highest BCUT2D eigenvalue weighted by atomic mass is 32.2. The quantitative estimate of drug-likeness (QED) is 0.437. The minimum absolute atomic E-state index is 0.0761. The second-order valence-electron chi connectivity index (χ2n) is 6.74. The van der Waals surface area contributed by atoms with Crippen molar-refractivity contribution in [2.75, 3.05) is 18.6 Å². The van der Waals surface area contributed by atoms with Crippen LogP contribution in [0.3, 0.4) is 0 Å². The molecule has 0 radical (unpaired) electrons. The molecule has 0 heterocycles. The molecule has 6 nitrogen and oxygen atoms in total. The van der Waals surface area contributed by atoms with Crippen molar-refractivity contribution >= 4 is 23.6 Å². The molecule has 1 aromatic carbocycles. The Hall–Kier alpha value is -1.57. The number of carbonyl (C=O) groups excluding carboxylic acids is 1. The predicted octanol–water partition coefficient (Wildman–Crippen LogP) is 1.49. The Kier molecular flexibility index (Phi) is 10.3. The van der Waals surface area contributed by atoms with E-state index in [2.05, 4.69) is 10.6 Å². The molecule has 0 aromatic heterocycles. The number of carboxylic acids is 1. The van der Waals surface area contributed by atoms with E-state index in [0.29, 0.717) is 25.1 Å². The second kappa shape index (κ2) is 11.9. The molecule has 0 aliphatic heterocycles. The van der Waals surface area contributed by atoms with Crippen LogP contribution in [0.4, 0.5) is 0 Å². The SMILES string of the molecule is CSCCC(NC(=O)C(Cc1ccccc1)NCC(N)C(C)C)C(=O)O. The van der Waals surface area contributed by atoms with Gasteiger partial charge in [0.25, 0.3) is 0 Å². The number of amides is 1. The summed E-state index contributed by atoms with van der Waals surface area (Å²) in [5, 5.41) is 15.2. The highest BCUT2D eigenvalue weighted by molar-refractivity contribution is 7.98. The van der Waals surface area contributed by atoms with Crippen molar-refractivity contribution in [3.63, 3.8) is 0 Å². The first-order chi connectivity index (χ1) is 12.3. The first-order valence-corrected chi connectivity index (χ1v) is 10.3. The number of hydrogen-bond donors (Lipinski definition) is 4. The average molecular weight is 382 g/mol. The fourth-order valence-corrected chi connectivity index (χ4v) is 2.86. The second-order valence-corrected chi connectivity index (χ2v) is 7.72. The van der Waals surface area contributed by atoms with Crippen LogP contribution in [0, 0.1) is 5.92 Å². The average Bonchev–Trinajstić information content (AvgIpc) is 2.62. The van der Waals surface area contributed by atoms with Crippen molar-refractivity contribution in [3.8, 4) is 0 Å². The van der Waals surface area contributed by atoms with Gasteiger partial charge in [-0.25, -0.2) is 4.79 Å². The lowest BCUT2D eigenvalue weighted by Crippen LogP contribution is -2.53. The number of rotatable bonds is 12. The molecule has 1 aromatic rings. The Balaban J connectivity index is 2.80. The van der Waals surface area contributed by atoms with Crippen molar-refractivity contribution in [1.29, 1.82) is 0 Å². The molecular formula is C19H31N3O3S. The van der Waals surface area contributed by atoms with Crippen LogP contribution in [0.15, 0.2) is 30.3 Å². The van der Waals surface area contributed by atoms with Crippen molar-refractivity contribution in [2.24, 2.45) is 11.7 Å². The van der Waals surface area contributed by atoms with E-state index in [-0.39, 0.29) is 17.9 Å².